The van der Waals surface area contributed by atoms with Crippen LogP contribution in [0.15, 0.2) is 4.79 Å². The van der Waals surface area contributed by atoms with Gasteiger partial charge in [-0.25, -0.2) is 4.98 Å². The first-order valence-electron chi connectivity index (χ1n) is 8.43. The lowest BCUT2D eigenvalue weighted by Gasteiger charge is -2.47. The molecule has 6 nitrogen and oxygen atoms in total. The average molecular weight is 347 g/mol. The molecule has 1 amide bonds. The summed E-state index contributed by atoms with van der Waals surface area (Å²) >= 11 is 1.30. The number of rotatable bonds is 3. The van der Waals surface area contributed by atoms with Gasteiger partial charge in [0.1, 0.15) is 10.7 Å². The number of H-pyrrole nitrogens is 1. The number of amides is 1. The molecule has 1 aliphatic heterocycles. The zero-order chi connectivity index (χ0) is 17.0. The van der Waals surface area contributed by atoms with Crippen molar-refractivity contribution in [2.75, 3.05) is 6.61 Å². The van der Waals surface area contributed by atoms with Crippen molar-refractivity contribution in [3.63, 3.8) is 0 Å². The minimum atomic E-state index is -0.176. The molecule has 1 saturated carbocycles. The monoisotopic (exact) mass is 347 g/mol. The van der Waals surface area contributed by atoms with Crippen LogP contribution in [-0.4, -0.2) is 34.6 Å². The second-order valence-corrected chi connectivity index (χ2v) is 7.75. The molecule has 1 aliphatic carbocycles. The van der Waals surface area contributed by atoms with Crippen LogP contribution in [-0.2, 0) is 4.74 Å². The lowest BCUT2D eigenvalue weighted by molar-refractivity contribution is -0.0545. The summed E-state index contributed by atoms with van der Waals surface area (Å²) in [5, 5.41) is 3.72. The summed E-state index contributed by atoms with van der Waals surface area (Å²) in [4.78, 5) is 33.2. The number of carbonyl (C=O) groups excluding carboxylic acids is 1. The van der Waals surface area contributed by atoms with E-state index in [1.165, 1.54) is 11.3 Å². The van der Waals surface area contributed by atoms with Crippen LogP contribution in [0.3, 0.4) is 0 Å². The second kappa shape index (κ2) is 5.67. The number of fused-ring (bicyclic) bond motifs is 2. The molecule has 0 aromatic carbocycles. The summed E-state index contributed by atoms with van der Waals surface area (Å²) in [6, 6.07) is 0.174. The topological polar surface area (TPSA) is 84.1 Å². The number of ether oxygens (including phenoxy) is 1. The Kier molecular flexibility index (Phi) is 3.73. The molecule has 2 aliphatic rings. The minimum Gasteiger partial charge on any atom is -0.377 e. The van der Waals surface area contributed by atoms with Crippen LogP contribution in [0, 0.1) is 25.7 Å². The van der Waals surface area contributed by atoms with Gasteiger partial charge in [-0.05, 0) is 32.3 Å². The average Bonchev–Trinajstić information content (AvgIpc) is 3.07. The van der Waals surface area contributed by atoms with Gasteiger partial charge in [0.15, 0.2) is 0 Å². The molecule has 3 heterocycles. The molecule has 2 N–H and O–H groups in total. The zero-order valence-electron chi connectivity index (χ0n) is 14.0. The number of aryl methyl sites for hydroxylation is 2. The Hall–Kier alpha value is -1.73. The van der Waals surface area contributed by atoms with Crippen LogP contribution in [0.1, 0.15) is 40.8 Å². The van der Waals surface area contributed by atoms with Crippen molar-refractivity contribution in [2.45, 2.75) is 45.8 Å². The van der Waals surface area contributed by atoms with Gasteiger partial charge < -0.3 is 15.0 Å². The van der Waals surface area contributed by atoms with Gasteiger partial charge in [-0.15, -0.1) is 11.3 Å². The number of thiophene rings is 1. The van der Waals surface area contributed by atoms with Gasteiger partial charge in [-0.3, -0.25) is 9.59 Å². The summed E-state index contributed by atoms with van der Waals surface area (Å²) in [5.74, 6) is 1.29. The summed E-state index contributed by atoms with van der Waals surface area (Å²) in [7, 11) is 0. The number of carbonyl (C=O) groups is 1. The van der Waals surface area contributed by atoms with Gasteiger partial charge in [-0.1, -0.05) is 6.92 Å². The van der Waals surface area contributed by atoms with Gasteiger partial charge >= 0.3 is 0 Å². The van der Waals surface area contributed by atoms with Crippen LogP contribution < -0.4 is 10.9 Å². The summed E-state index contributed by atoms with van der Waals surface area (Å²) in [6.45, 7) is 6.49. The van der Waals surface area contributed by atoms with Crippen LogP contribution in [0.4, 0.5) is 0 Å². The third kappa shape index (κ3) is 2.22. The van der Waals surface area contributed by atoms with Crippen molar-refractivity contribution in [3.05, 3.63) is 26.6 Å². The van der Waals surface area contributed by atoms with E-state index in [-0.39, 0.29) is 17.5 Å². The maximum Gasteiger partial charge on any atom is 0.261 e. The molecule has 2 aromatic rings. The summed E-state index contributed by atoms with van der Waals surface area (Å²) < 4.78 is 5.77. The molecule has 24 heavy (non-hydrogen) atoms. The lowest BCUT2D eigenvalue weighted by atomic mass is 9.65. The number of nitrogens with zero attached hydrogens (tertiary/aromatic N) is 1. The highest BCUT2D eigenvalue weighted by Gasteiger charge is 2.53. The predicted octanol–water partition coefficient (Wildman–Crippen LogP) is 2.14. The van der Waals surface area contributed by atoms with E-state index >= 15 is 0 Å². The van der Waals surface area contributed by atoms with Crippen molar-refractivity contribution in [1.82, 2.24) is 15.3 Å². The molecule has 0 bridgehead atoms. The molecule has 0 spiro atoms. The van der Waals surface area contributed by atoms with E-state index in [0.717, 1.165) is 19.4 Å². The predicted molar refractivity (Wildman–Crippen MR) is 92.6 cm³/mol. The SMILES string of the molecule is CC[C@@H]1[C@@H](NC(=O)c2sc3nc(C)[nH]c(=O)c3c2C)[C@@H]2CCO[C@H]12. The normalized spacial score (nSPS) is 28.6. The highest BCUT2D eigenvalue weighted by molar-refractivity contribution is 7.20. The first-order chi connectivity index (χ1) is 11.5. The van der Waals surface area contributed by atoms with Crippen molar-refractivity contribution in [2.24, 2.45) is 11.8 Å². The Morgan fingerprint density at radius 2 is 2.25 bits per heavy atom. The molecule has 2 aromatic heterocycles. The molecule has 0 unspecified atom stereocenters. The molecular formula is C17H21N3O3S. The molecule has 128 valence electrons. The molecule has 2 fully saturated rings. The Labute approximate surface area is 143 Å². The number of aromatic nitrogens is 2. The van der Waals surface area contributed by atoms with E-state index in [4.69, 9.17) is 4.74 Å². The summed E-state index contributed by atoms with van der Waals surface area (Å²) in [5.41, 5.74) is 0.539. The lowest BCUT2D eigenvalue weighted by Crippen LogP contribution is -2.61. The standard InChI is InChI=1S/C17H21N3O3S/c1-4-9-12(10-5-6-23-13(9)10)20-16(22)14-7(2)11-15(21)18-8(3)19-17(11)24-14/h9-10,12-13H,4-6H2,1-3H3,(H,20,22)(H,18,19,21)/t9-,10+,12-,13-/m1/s1. The zero-order valence-corrected chi connectivity index (χ0v) is 14.8. The van der Waals surface area contributed by atoms with E-state index in [1.54, 1.807) is 6.92 Å². The highest BCUT2D eigenvalue weighted by Crippen LogP contribution is 2.45. The third-order valence-corrected chi connectivity index (χ3v) is 6.61. The maximum atomic E-state index is 12.8. The van der Waals surface area contributed by atoms with Gasteiger partial charge in [0.05, 0.1) is 16.4 Å². The van der Waals surface area contributed by atoms with Crippen LogP contribution in [0.2, 0.25) is 0 Å². The molecule has 4 rings (SSSR count). The van der Waals surface area contributed by atoms with E-state index < -0.39 is 0 Å². The van der Waals surface area contributed by atoms with E-state index in [1.807, 2.05) is 6.92 Å². The van der Waals surface area contributed by atoms with Crippen LogP contribution in [0.25, 0.3) is 10.2 Å². The van der Waals surface area contributed by atoms with Crippen LogP contribution in [0.5, 0.6) is 0 Å². The number of aromatic amines is 1. The minimum absolute atomic E-state index is 0.0960. The fourth-order valence-electron chi connectivity index (χ4n) is 4.21. The van der Waals surface area contributed by atoms with Gasteiger partial charge in [0.25, 0.3) is 11.5 Å². The smallest absolute Gasteiger partial charge is 0.261 e. The van der Waals surface area contributed by atoms with Crippen LogP contribution >= 0.6 is 11.3 Å². The van der Waals surface area contributed by atoms with Gasteiger partial charge in [0, 0.05) is 24.5 Å². The number of hydrogen-bond acceptors (Lipinski definition) is 5. The van der Waals surface area contributed by atoms with Crippen molar-refractivity contribution >= 4 is 27.5 Å². The molecular weight excluding hydrogens is 326 g/mol. The van der Waals surface area contributed by atoms with Gasteiger partial charge in [0.2, 0.25) is 0 Å². The van der Waals surface area contributed by atoms with Gasteiger partial charge in [-0.2, -0.15) is 0 Å². The second-order valence-electron chi connectivity index (χ2n) is 6.75. The van der Waals surface area contributed by atoms with E-state index in [9.17, 15) is 9.59 Å². The van der Waals surface area contributed by atoms with Crippen molar-refractivity contribution < 1.29 is 9.53 Å². The Bertz CT molecular complexity index is 872. The number of hydrogen-bond donors (Lipinski definition) is 2. The molecule has 1 saturated heterocycles. The first kappa shape index (κ1) is 15.8. The number of nitrogens with one attached hydrogen (secondary N) is 2. The fraction of sp³-hybridized carbons (Fsp3) is 0.588. The highest BCUT2D eigenvalue weighted by atomic mass is 32.1. The molecule has 0 radical (unpaired) electrons. The summed E-state index contributed by atoms with van der Waals surface area (Å²) in [6.07, 6.45) is 2.31. The molecule has 7 heteroatoms. The molecule has 4 atom stereocenters. The fourth-order valence-corrected chi connectivity index (χ4v) is 5.35. The largest absolute Gasteiger partial charge is 0.377 e. The van der Waals surface area contributed by atoms with Crippen molar-refractivity contribution in [1.29, 1.82) is 0 Å². The van der Waals surface area contributed by atoms with E-state index in [0.29, 0.717) is 44.4 Å². The Morgan fingerprint density at radius 3 is 3.00 bits per heavy atom. The van der Waals surface area contributed by atoms with E-state index in [2.05, 4.69) is 22.2 Å². The first-order valence-corrected chi connectivity index (χ1v) is 9.25. The Morgan fingerprint density at radius 1 is 1.46 bits per heavy atom. The maximum absolute atomic E-state index is 12.8. The Balaban J connectivity index is 1.63. The quantitative estimate of drug-likeness (QED) is 0.891. The third-order valence-electron chi connectivity index (χ3n) is 5.42. The van der Waals surface area contributed by atoms with Crippen molar-refractivity contribution in [3.8, 4) is 0 Å².